The van der Waals surface area contributed by atoms with Gasteiger partial charge in [0.15, 0.2) is 17.3 Å². The van der Waals surface area contributed by atoms with Crippen LogP contribution in [-0.2, 0) is 6.54 Å². The van der Waals surface area contributed by atoms with E-state index in [0.717, 1.165) is 0 Å². The summed E-state index contributed by atoms with van der Waals surface area (Å²) in [6.45, 7) is -0.621. The van der Waals surface area contributed by atoms with E-state index in [1.54, 1.807) is 29.0 Å². The van der Waals surface area contributed by atoms with E-state index in [4.69, 9.17) is 0 Å². The van der Waals surface area contributed by atoms with Crippen molar-refractivity contribution in [3.63, 3.8) is 0 Å². The Morgan fingerprint density at radius 2 is 1.41 bits per heavy atom. The van der Waals surface area contributed by atoms with Crippen molar-refractivity contribution in [2.45, 2.75) is 18.5 Å². The second-order valence-electron chi connectivity index (χ2n) is 7.96. The predicted molar refractivity (Wildman–Crippen MR) is 115 cm³/mol. The van der Waals surface area contributed by atoms with Crippen molar-refractivity contribution >= 4 is 22.5 Å². The minimum Gasteiger partial charge on any atom is -0.506 e. The molecule has 0 fully saturated rings. The van der Waals surface area contributed by atoms with Crippen LogP contribution in [-0.4, -0.2) is 73.6 Å². The quantitative estimate of drug-likeness (QED) is 0.171. The second-order valence-corrected chi connectivity index (χ2v) is 7.96. The van der Waals surface area contributed by atoms with Gasteiger partial charge in [-0.25, -0.2) is 0 Å². The third-order valence-electron chi connectivity index (χ3n) is 6.02. The molecule has 0 atom stereocenters. The number of nitrogens with zero attached hydrogens (tertiary/aromatic N) is 1. The summed E-state index contributed by atoms with van der Waals surface area (Å²) in [4.78, 5) is 26.0. The number of phenolic OH excluding ortho intramolecular Hbond substituents is 2. The smallest absolute Gasteiger partial charge is 0.198 e. The van der Waals surface area contributed by atoms with Crippen LogP contribution < -0.4 is 5.32 Å². The Kier molecular flexibility index (Phi) is 5.74. The summed E-state index contributed by atoms with van der Waals surface area (Å²) in [7, 11) is 0. The number of aliphatic hydroxyl groups is 3. The molecule has 32 heavy (non-hydrogen) atoms. The third-order valence-corrected chi connectivity index (χ3v) is 6.02. The molecule has 0 aliphatic heterocycles. The third kappa shape index (κ3) is 3.26. The Bertz CT molecular complexity index is 1200. The number of hydrogen-bond acceptors (Lipinski definition) is 8. The first kappa shape index (κ1) is 22.0. The van der Waals surface area contributed by atoms with Crippen molar-refractivity contribution in [2.24, 2.45) is 0 Å². The van der Waals surface area contributed by atoms with E-state index in [9.17, 15) is 35.1 Å². The molecular weight excluding hydrogens is 416 g/mol. The molecular formula is C23H24N2O7. The van der Waals surface area contributed by atoms with E-state index >= 15 is 0 Å². The van der Waals surface area contributed by atoms with Crippen molar-refractivity contribution in [3.05, 3.63) is 58.8 Å². The number of phenols is 2. The van der Waals surface area contributed by atoms with E-state index in [2.05, 4.69) is 5.32 Å². The largest absolute Gasteiger partial charge is 0.506 e. The minimum atomic E-state index is -1.20. The highest BCUT2D eigenvalue weighted by atomic mass is 16.3. The van der Waals surface area contributed by atoms with Crippen molar-refractivity contribution < 1.29 is 35.1 Å². The highest BCUT2D eigenvalue weighted by Crippen LogP contribution is 2.44. The number of benzene rings is 2. The van der Waals surface area contributed by atoms with E-state index in [-0.39, 0.29) is 44.7 Å². The topological polar surface area (TPSA) is 152 Å². The van der Waals surface area contributed by atoms with Crippen molar-refractivity contribution in [1.82, 2.24) is 9.88 Å². The number of fused-ring (bicyclic) bond motifs is 3. The number of carbonyl (C=O) groups excluding carboxylic acids is 2. The van der Waals surface area contributed by atoms with E-state index in [0.29, 0.717) is 19.5 Å². The average molecular weight is 440 g/mol. The second kappa shape index (κ2) is 8.36. The van der Waals surface area contributed by atoms with Gasteiger partial charge in [-0.1, -0.05) is 24.3 Å². The number of carbonyl (C=O) groups is 2. The zero-order valence-electron chi connectivity index (χ0n) is 17.2. The maximum atomic E-state index is 13.1. The van der Waals surface area contributed by atoms with Gasteiger partial charge < -0.3 is 35.4 Å². The van der Waals surface area contributed by atoms with Crippen molar-refractivity contribution in [2.75, 3.05) is 26.4 Å². The maximum Gasteiger partial charge on any atom is 0.198 e. The molecule has 0 amide bonds. The minimum absolute atomic E-state index is 0.176. The molecule has 0 unspecified atom stereocenters. The Morgan fingerprint density at radius 3 is 1.97 bits per heavy atom. The Morgan fingerprint density at radius 1 is 0.844 bits per heavy atom. The first-order valence-electron chi connectivity index (χ1n) is 10.2. The van der Waals surface area contributed by atoms with Gasteiger partial charge in [0.25, 0.3) is 0 Å². The van der Waals surface area contributed by atoms with Gasteiger partial charge in [-0.2, -0.15) is 0 Å². The van der Waals surface area contributed by atoms with Gasteiger partial charge in [-0.3, -0.25) is 9.59 Å². The van der Waals surface area contributed by atoms with Gasteiger partial charge in [0.05, 0.1) is 42.0 Å². The lowest BCUT2D eigenvalue weighted by molar-refractivity contribution is 0.0425. The summed E-state index contributed by atoms with van der Waals surface area (Å²) in [6, 6.07) is 7.86. The van der Waals surface area contributed by atoms with Gasteiger partial charge in [0, 0.05) is 29.3 Å². The number of aryl methyl sites for hydroxylation is 1. The lowest BCUT2D eigenvalue weighted by Gasteiger charge is -2.28. The van der Waals surface area contributed by atoms with Gasteiger partial charge in [-0.15, -0.1) is 0 Å². The highest BCUT2D eigenvalue weighted by molar-refractivity contribution is 6.32. The van der Waals surface area contributed by atoms with Gasteiger partial charge in [0.2, 0.25) is 0 Å². The Labute approximate surface area is 183 Å². The number of nitrogens with one attached hydrogen (secondary N) is 1. The summed E-state index contributed by atoms with van der Waals surface area (Å²) in [5.74, 6) is -1.76. The fourth-order valence-electron chi connectivity index (χ4n) is 4.11. The van der Waals surface area contributed by atoms with Crippen LogP contribution in [0.25, 0.3) is 10.9 Å². The summed E-state index contributed by atoms with van der Waals surface area (Å²) >= 11 is 0. The lowest BCUT2D eigenvalue weighted by Crippen LogP contribution is -2.55. The van der Waals surface area contributed by atoms with Gasteiger partial charge >= 0.3 is 0 Å². The molecule has 6 N–H and O–H groups in total. The number of aromatic hydroxyl groups is 2. The van der Waals surface area contributed by atoms with E-state index in [1.165, 1.54) is 12.1 Å². The molecule has 9 nitrogen and oxygen atoms in total. The maximum absolute atomic E-state index is 13.1. The average Bonchev–Trinajstić information content (AvgIpc) is 3.25. The van der Waals surface area contributed by atoms with E-state index in [1.807, 2.05) is 0 Å². The number of ketones is 2. The molecule has 4 rings (SSSR count). The fourth-order valence-corrected chi connectivity index (χ4v) is 4.11. The summed E-state index contributed by atoms with van der Waals surface area (Å²) in [6.07, 6.45) is 2.12. The summed E-state index contributed by atoms with van der Waals surface area (Å²) in [5.41, 5.74) is -1.01. The van der Waals surface area contributed by atoms with Crippen LogP contribution in [0, 0.1) is 0 Å². The van der Waals surface area contributed by atoms with Crippen molar-refractivity contribution in [3.8, 4) is 11.5 Å². The number of hydrogen-bond donors (Lipinski definition) is 6. The molecule has 1 heterocycles. The molecule has 0 spiro atoms. The normalized spacial score (nSPS) is 13.5. The molecule has 0 saturated heterocycles. The first-order chi connectivity index (χ1) is 15.4. The van der Waals surface area contributed by atoms with E-state index < -0.39 is 36.9 Å². The molecule has 0 radical (unpaired) electrons. The SMILES string of the molecule is O=C1c2ccccc2C(=O)c2c1c(O)c1ccn(CCCNC(CO)(CO)CO)c1c2O. The standard InChI is InChI=1S/C23H24N2O7/c26-10-23(11-27,12-28)24-7-3-8-25-9-6-15-18(25)22(32)17-16(21(15)31)19(29)13-4-1-2-5-14(13)20(17)30/h1-2,4-6,9,24,26-28,31-32H,3,7-8,10-12H2. The van der Waals surface area contributed by atoms with Crippen LogP contribution in [0.1, 0.15) is 38.3 Å². The van der Waals surface area contributed by atoms with Crippen LogP contribution in [0.3, 0.4) is 0 Å². The molecule has 1 aliphatic carbocycles. The molecule has 168 valence electrons. The highest BCUT2D eigenvalue weighted by Gasteiger charge is 2.36. The van der Waals surface area contributed by atoms with Crippen LogP contribution in [0.2, 0.25) is 0 Å². The molecule has 1 aliphatic rings. The summed E-state index contributed by atoms with van der Waals surface area (Å²) < 4.78 is 1.66. The Balaban J connectivity index is 1.68. The first-order valence-corrected chi connectivity index (χ1v) is 10.2. The molecule has 0 bridgehead atoms. The molecule has 3 aromatic rings. The lowest BCUT2D eigenvalue weighted by atomic mass is 9.82. The molecule has 2 aromatic carbocycles. The van der Waals surface area contributed by atoms with Crippen LogP contribution in [0.5, 0.6) is 11.5 Å². The van der Waals surface area contributed by atoms with Crippen molar-refractivity contribution in [1.29, 1.82) is 0 Å². The molecule has 9 heteroatoms. The monoisotopic (exact) mass is 440 g/mol. The van der Waals surface area contributed by atoms with Crippen LogP contribution in [0.4, 0.5) is 0 Å². The zero-order chi connectivity index (χ0) is 23.0. The fraction of sp³-hybridized carbons (Fsp3) is 0.304. The summed E-state index contributed by atoms with van der Waals surface area (Å²) in [5, 5.41) is 53.2. The molecule has 1 aromatic heterocycles. The van der Waals surface area contributed by atoms with Crippen LogP contribution >= 0.6 is 0 Å². The predicted octanol–water partition coefficient (Wildman–Crippen LogP) is 0.523. The zero-order valence-corrected chi connectivity index (χ0v) is 17.2. The number of aromatic nitrogens is 1. The Hall–Kier alpha value is -3.24. The number of aliphatic hydroxyl groups excluding tert-OH is 3. The van der Waals surface area contributed by atoms with Crippen LogP contribution in [0.15, 0.2) is 36.5 Å². The van der Waals surface area contributed by atoms with Gasteiger partial charge in [0.1, 0.15) is 5.75 Å². The number of rotatable bonds is 8. The van der Waals surface area contributed by atoms with Gasteiger partial charge in [-0.05, 0) is 19.0 Å². The molecule has 0 saturated carbocycles.